The first kappa shape index (κ1) is 25.4. The summed E-state index contributed by atoms with van der Waals surface area (Å²) in [5, 5.41) is -0.195. The molecule has 2 aliphatic rings. The quantitative estimate of drug-likeness (QED) is 0.421. The lowest BCUT2D eigenvalue weighted by molar-refractivity contribution is -0.217. The van der Waals surface area contributed by atoms with Crippen LogP contribution in [0.15, 0.2) is 48.5 Å². The minimum Gasteiger partial charge on any atom is -0.497 e. The number of esters is 2. The Balaban J connectivity index is 2.11. The molecule has 188 valence electrons. The Morgan fingerprint density at radius 2 is 1.49 bits per heavy atom. The molecule has 0 amide bonds. The Labute approximate surface area is 207 Å². The Morgan fingerprint density at radius 1 is 0.886 bits per heavy atom. The van der Waals surface area contributed by atoms with Crippen LogP contribution >= 0.6 is 0 Å². The molecule has 0 N–H and O–H groups in total. The maximum Gasteiger partial charge on any atom is 0.315 e. The molecule has 4 rings (SSSR count). The predicted octanol–water partition coefficient (Wildman–Crippen LogP) is 4.74. The van der Waals surface area contributed by atoms with Crippen molar-refractivity contribution in [3.05, 3.63) is 65.2 Å². The summed E-state index contributed by atoms with van der Waals surface area (Å²) in [5.41, 5.74) is 0.802. The standard InChI is InChI=1S/C27H34O7Si/c1-25(2,3)35(7,8)34-27-19-15-14-18(30-4)16-20(19)26(33-27,17-12-10-9-11-13-17)21(23(28)31-5)22(27)24(29)32-6/h9-16,21-22H,1-8H3/t21-,22-,26+,27+/m1/s1. The molecular weight excluding hydrogens is 464 g/mol. The van der Waals surface area contributed by atoms with Crippen LogP contribution in [-0.2, 0) is 39.6 Å². The molecule has 2 aromatic rings. The zero-order chi connectivity index (χ0) is 25.8. The van der Waals surface area contributed by atoms with Crippen LogP contribution in [0.1, 0.15) is 37.5 Å². The van der Waals surface area contributed by atoms with E-state index in [1.54, 1.807) is 7.11 Å². The van der Waals surface area contributed by atoms with Gasteiger partial charge in [-0.15, -0.1) is 0 Å². The van der Waals surface area contributed by atoms with Crippen LogP contribution in [0.4, 0.5) is 0 Å². The molecule has 2 bridgehead atoms. The summed E-state index contributed by atoms with van der Waals surface area (Å²) in [6, 6.07) is 15.0. The highest BCUT2D eigenvalue weighted by molar-refractivity contribution is 6.74. The van der Waals surface area contributed by atoms with E-state index in [0.29, 0.717) is 11.3 Å². The number of methoxy groups -OCH3 is 3. The molecule has 7 nitrogen and oxygen atoms in total. The van der Waals surface area contributed by atoms with Gasteiger partial charge in [-0.05, 0) is 41.9 Å². The number of hydrogen-bond donors (Lipinski definition) is 0. The van der Waals surface area contributed by atoms with Crippen molar-refractivity contribution in [2.45, 2.75) is 50.3 Å². The third kappa shape index (κ3) is 3.53. The van der Waals surface area contributed by atoms with E-state index in [2.05, 4.69) is 33.9 Å². The first-order valence-electron chi connectivity index (χ1n) is 11.7. The summed E-state index contributed by atoms with van der Waals surface area (Å²) in [4.78, 5) is 27.0. The number of rotatable bonds is 6. The van der Waals surface area contributed by atoms with Gasteiger partial charge in [0.25, 0.3) is 0 Å². The largest absolute Gasteiger partial charge is 0.497 e. The van der Waals surface area contributed by atoms with Gasteiger partial charge in [-0.3, -0.25) is 9.59 Å². The molecule has 0 aliphatic carbocycles. The number of benzene rings is 2. The van der Waals surface area contributed by atoms with Gasteiger partial charge in [-0.2, -0.15) is 0 Å². The van der Waals surface area contributed by atoms with Crippen molar-refractivity contribution in [3.63, 3.8) is 0 Å². The van der Waals surface area contributed by atoms with Crippen LogP contribution in [0.25, 0.3) is 0 Å². The lowest BCUT2D eigenvalue weighted by Gasteiger charge is -2.45. The van der Waals surface area contributed by atoms with Gasteiger partial charge in [-0.25, -0.2) is 0 Å². The second-order valence-electron chi connectivity index (χ2n) is 10.6. The topological polar surface area (TPSA) is 80.3 Å². The summed E-state index contributed by atoms with van der Waals surface area (Å²) >= 11 is 0. The molecule has 0 aromatic heterocycles. The van der Waals surface area contributed by atoms with E-state index in [0.717, 1.165) is 11.1 Å². The minimum atomic E-state index is -2.55. The van der Waals surface area contributed by atoms with E-state index in [-0.39, 0.29) is 5.04 Å². The minimum absolute atomic E-state index is 0.195. The molecule has 1 saturated heterocycles. The molecule has 0 spiro atoms. The van der Waals surface area contributed by atoms with Gasteiger partial charge in [0.1, 0.15) is 23.2 Å². The van der Waals surface area contributed by atoms with Crippen molar-refractivity contribution >= 4 is 20.3 Å². The Morgan fingerprint density at radius 3 is 2.03 bits per heavy atom. The van der Waals surface area contributed by atoms with Gasteiger partial charge < -0.3 is 23.4 Å². The van der Waals surface area contributed by atoms with Gasteiger partial charge >= 0.3 is 11.9 Å². The summed E-state index contributed by atoms with van der Waals surface area (Å²) in [6.07, 6.45) is 0. The number of ether oxygens (including phenoxy) is 4. The fourth-order valence-electron chi connectivity index (χ4n) is 5.13. The highest BCUT2D eigenvalue weighted by Crippen LogP contribution is 2.68. The van der Waals surface area contributed by atoms with Crippen molar-refractivity contribution in [2.75, 3.05) is 21.3 Å². The number of carbonyl (C=O) groups excluding carboxylic acids is 2. The molecule has 8 heteroatoms. The normalized spacial score (nSPS) is 27.3. The van der Waals surface area contributed by atoms with Crippen molar-refractivity contribution in [1.29, 1.82) is 0 Å². The summed E-state index contributed by atoms with van der Waals surface area (Å²) in [5.74, 6) is -4.19. The molecule has 0 radical (unpaired) electrons. The molecule has 0 unspecified atom stereocenters. The van der Waals surface area contributed by atoms with Crippen LogP contribution in [0.3, 0.4) is 0 Å². The molecule has 2 aromatic carbocycles. The second-order valence-corrected chi connectivity index (χ2v) is 15.4. The van der Waals surface area contributed by atoms with Gasteiger partial charge in [0.05, 0.1) is 21.3 Å². The van der Waals surface area contributed by atoms with E-state index >= 15 is 0 Å². The van der Waals surface area contributed by atoms with Crippen LogP contribution in [-0.4, -0.2) is 41.6 Å². The first-order chi connectivity index (χ1) is 16.4. The van der Waals surface area contributed by atoms with Crippen LogP contribution in [0, 0.1) is 11.8 Å². The fourth-order valence-corrected chi connectivity index (χ4v) is 6.47. The van der Waals surface area contributed by atoms with Gasteiger partial charge in [0.15, 0.2) is 8.32 Å². The average molecular weight is 499 g/mol. The van der Waals surface area contributed by atoms with E-state index in [1.165, 1.54) is 14.2 Å². The van der Waals surface area contributed by atoms with Crippen molar-refractivity contribution in [1.82, 2.24) is 0 Å². The smallest absolute Gasteiger partial charge is 0.315 e. The second kappa shape index (κ2) is 8.46. The lowest BCUT2D eigenvalue weighted by Crippen LogP contribution is -2.54. The number of fused-ring (bicyclic) bond motifs is 5. The predicted molar refractivity (Wildman–Crippen MR) is 132 cm³/mol. The lowest BCUT2D eigenvalue weighted by atomic mass is 9.64. The Bertz CT molecular complexity index is 1140. The molecule has 2 heterocycles. The van der Waals surface area contributed by atoms with Crippen LogP contribution < -0.4 is 4.74 Å². The molecule has 0 saturated carbocycles. The van der Waals surface area contributed by atoms with Crippen LogP contribution in [0.5, 0.6) is 5.75 Å². The van der Waals surface area contributed by atoms with E-state index in [4.69, 9.17) is 23.4 Å². The molecule has 1 fully saturated rings. The SMILES string of the molecule is COC(=O)[C@H]1[C@H](C(=O)OC)[C@@]2(c3ccccc3)O[C@]1(O[Si](C)(C)C(C)(C)C)c1ccc(OC)cc12. The molecule has 2 aliphatic heterocycles. The van der Waals surface area contributed by atoms with Crippen molar-refractivity contribution < 1.29 is 33.0 Å². The Kier molecular flexibility index (Phi) is 6.14. The summed E-state index contributed by atoms with van der Waals surface area (Å²) < 4.78 is 30.0. The van der Waals surface area contributed by atoms with E-state index < -0.39 is 43.5 Å². The average Bonchev–Trinajstić information content (AvgIpc) is 3.29. The summed E-state index contributed by atoms with van der Waals surface area (Å²) in [7, 11) is 1.66. The molecular formula is C27H34O7Si. The van der Waals surface area contributed by atoms with Gasteiger partial charge in [0.2, 0.25) is 5.79 Å². The van der Waals surface area contributed by atoms with Gasteiger partial charge in [-0.1, -0.05) is 51.1 Å². The Hall–Kier alpha value is -2.68. The fraction of sp³-hybridized carbons (Fsp3) is 0.481. The molecule has 4 atom stereocenters. The maximum atomic E-state index is 13.5. The highest BCUT2D eigenvalue weighted by atomic mass is 28.4. The zero-order valence-electron chi connectivity index (χ0n) is 21.6. The number of carbonyl (C=O) groups is 2. The third-order valence-electron chi connectivity index (χ3n) is 7.82. The monoisotopic (exact) mass is 498 g/mol. The van der Waals surface area contributed by atoms with E-state index in [1.807, 2.05) is 48.5 Å². The zero-order valence-corrected chi connectivity index (χ0v) is 22.6. The van der Waals surface area contributed by atoms with Crippen LogP contribution in [0.2, 0.25) is 18.1 Å². The molecule has 35 heavy (non-hydrogen) atoms. The third-order valence-corrected chi connectivity index (χ3v) is 12.2. The maximum absolute atomic E-state index is 13.5. The van der Waals surface area contributed by atoms with Gasteiger partial charge in [0, 0.05) is 11.1 Å². The first-order valence-corrected chi connectivity index (χ1v) is 14.6. The van der Waals surface area contributed by atoms with Crippen molar-refractivity contribution in [2.24, 2.45) is 11.8 Å². The summed E-state index contributed by atoms with van der Waals surface area (Å²) in [6.45, 7) is 10.5. The van der Waals surface area contributed by atoms with E-state index in [9.17, 15) is 9.59 Å². The highest BCUT2D eigenvalue weighted by Gasteiger charge is 2.77. The number of hydrogen-bond acceptors (Lipinski definition) is 7. The van der Waals surface area contributed by atoms with Crippen molar-refractivity contribution in [3.8, 4) is 5.75 Å².